The van der Waals surface area contributed by atoms with Crippen molar-refractivity contribution >= 4 is 0 Å². The van der Waals surface area contributed by atoms with Gasteiger partial charge in [-0.1, -0.05) is 33.6 Å². The van der Waals surface area contributed by atoms with Crippen molar-refractivity contribution in [3.63, 3.8) is 0 Å². The zero-order valence-corrected chi connectivity index (χ0v) is 12.2. The molecule has 2 unspecified atom stereocenters. The van der Waals surface area contributed by atoms with Crippen LogP contribution in [0.25, 0.3) is 0 Å². The number of aryl methyl sites for hydroxylation is 1. The van der Waals surface area contributed by atoms with Gasteiger partial charge in [-0.3, -0.25) is 4.98 Å². The second-order valence-corrected chi connectivity index (χ2v) is 6.90. The Hall–Kier alpha value is -0.890. The zero-order chi connectivity index (χ0) is 13.4. The van der Waals surface area contributed by atoms with E-state index in [2.05, 4.69) is 38.7 Å². The van der Waals surface area contributed by atoms with Crippen molar-refractivity contribution in [2.24, 2.45) is 17.1 Å². The first-order valence-electron chi connectivity index (χ1n) is 7.05. The molecule has 0 aliphatic heterocycles. The van der Waals surface area contributed by atoms with Gasteiger partial charge in [-0.2, -0.15) is 0 Å². The molecule has 18 heavy (non-hydrogen) atoms. The topological polar surface area (TPSA) is 38.9 Å². The summed E-state index contributed by atoms with van der Waals surface area (Å²) < 4.78 is 0. The summed E-state index contributed by atoms with van der Waals surface area (Å²) in [4.78, 5) is 4.30. The first-order chi connectivity index (χ1) is 8.36. The van der Waals surface area contributed by atoms with Crippen LogP contribution in [0.4, 0.5) is 0 Å². The average Bonchev–Trinajstić information content (AvgIpc) is 2.28. The molecule has 1 heterocycles. The molecule has 2 nitrogen and oxygen atoms in total. The molecule has 0 aromatic carbocycles. The van der Waals surface area contributed by atoms with Crippen molar-refractivity contribution < 1.29 is 0 Å². The fourth-order valence-electron chi connectivity index (χ4n) is 3.68. The van der Waals surface area contributed by atoms with Crippen LogP contribution in [0.15, 0.2) is 18.5 Å². The molecule has 0 bridgehead atoms. The summed E-state index contributed by atoms with van der Waals surface area (Å²) in [5.74, 6) is 0.529. The SMILES string of the molecule is Cc1ccncc1C1(N)CCCCC1C(C)(C)C. The normalized spacial score (nSPS) is 29.3. The highest BCUT2D eigenvalue weighted by Gasteiger charge is 2.45. The predicted octanol–water partition coefficient (Wildman–Crippen LogP) is 3.78. The van der Waals surface area contributed by atoms with Crippen molar-refractivity contribution in [2.45, 2.75) is 58.9 Å². The minimum absolute atomic E-state index is 0.200. The summed E-state index contributed by atoms with van der Waals surface area (Å²) >= 11 is 0. The zero-order valence-electron chi connectivity index (χ0n) is 12.2. The van der Waals surface area contributed by atoms with Crippen molar-refractivity contribution in [1.82, 2.24) is 4.98 Å². The summed E-state index contributed by atoms with van der Waals surface area (Å²) in [5, 5.41) is 0. The standard InChI is InChI=1S/C16H26N2/c1-12-8-10-18-11-13(12)16(17)9-6-5-7-14(16)15(2,3)4/h8,10-11,14H,5-7,9,17H2,1-4H3. The summed E-state index contributed by atoms with van der Waals surface area (Å²) in [5.41, 5.74) is 9.45. The van der Waals surface area contributed by atoms with E-state index in [-0.39, 0.29) is 11.0 Å². The first-order valence-corrected chi connectivity index (χ1v) is 7.05. The van der Waals surface area contributed by atoms with Crippen LogP contribution in [0.5, 0.6) is 0 Å². The molecule has 1 aromatic rings. The molecule has 2 heteroatoms. The third-order valence-corrected chi connectivity index (χ3v) is 4.54. The van der Waals surface area contributed by atoms with Gasteiger partial charge in [0, 0.05) is 17.9 Å². The second kappa shape index (κ2) is 4.65. The maximum Gasteiger partial charge on any atom is 0.0461 e. The van der Waals surface area contributed by atoms with Crippen molar-refractivity contribution in [3.05, 3.63) is 29.6 Å². The van der Waals surface area contributed by atoms with Crippen LogP contribution in [-0.2, 0) is 5.54 Å². The molecule has 1 fully saturated rings. The van der Waals surface area contributed by atoms with Gasteiger partial charge in [0.25, 0.3) is 0 Å². The monoisotopic (exact) mass is 246 g/mol. The quantitative estimate of drug-likeness (QED) is 0.819. The van der Waals surface area contributed by atoms with Gasteiger partial charge in [0.2, 0.25) is 0 Å². The van der Waals surface area contributed by atoms with E-state index in [1.54, 1.807) is 0 Å². The number of rotatable bonds is 1. The Labute approximate surface area is 111 Å². The highest BCUT2D eigenvalue weighted by atomic mass is 14.8. The Bertz CT molecular complexity index is 419. The van der Waals surface area contributed by atoms with E-state index in [1.807, 2.05) is 12.4 Å². The highest BCUT2D eigenvalue weighted by Crippen LogP contribution is 2.48. The highest BCUT2D eigenvalue weighted by molar-refractivity contribution is 5.31. The summed E-state index contributed by atoms with van der Waals surface area (Å²) in [6.07, 6.45) is 8.70. The third-order valence-electron chi connectivity index (χ3n) is 4.54. The van der Waals surface area contributed by atoms with Crippen molar-refractivity contribution in [2.75, 3.05) is 0 Å². The van der Waals surface area contributed by atoms with Gasteiger partial charge in [-0.15, -0.1) is 0 Å². The van der Waals surface area contributed by atoms with Gasteiger partial charge in [0.15, 0.2) is 0 Å². The number of hydrogen-bond acceptors (Lipinski definition) is 2. The molecule has 1 aromatic heterocycles. The maximum atomic E-state index is 6.87. The van der Waals surface area contributed by atoms with Gasteiger partial charge in [0.1, 0.15) is 0 Å². The van der Waals surface area contributed by atoms with Crippen LogP contribution in [0.3, 0.4) is 0 Å². The molecule has 0 saturated heterocycles. The fourth-order valence-corrected chi connectivity index (χ4v) is 3.68. The van der Waals surface area contributed by atoms with E-state index in [1.165, 1.54) is 30.4 Å². The van der Waals surface area contributed by atoms with E-state index in [0.29, 0.717) is 5.92 Å². The van der Waals surface area contributed by atoms with E-state index < -0.39 is 0 Å². The fraction of sp³-hybridized carbons (Fsp3) is 0.688. The number of pyridine rings is 1. The lowest BCUT2D eigenvalue weighted by Crippen LogP contribution is -2.51. The molecule has 1 saturated carbocycles. The van der Waals surface area contributed by atoms with E-state index in [9.17, 15) is 0 Å². The Morgan fingerprint density at radius 3 is 2.67 bits per heavy atom. The number of nitrogens with zero attached hydrogens (tertiary/aromatic N) is 1. The lowest BCUT2D eigenvalue weighted by atomic mass is 9.60. The van der Waals surface area contributed by atoms with Gasteiger partial charge >= 0.3 is 0 Å². The minimum atomic E-state index is -0.200. The lowest BCUT2D eigenvalue weighted by molar-refractivity contribution is 0.0771. The Kier molecular flexibility index (Phi) is 3.50. The Morgan fingerprint density at radius 1 is 1.33 bits per heavy atom. The molecular weight excluding hydrogens is 220 g/mol. The van der Waals surface area contributed by atoms with Gasteiger partial charge in [-0.25, -0.2) is 0 Å². The summed E-state index contributed by atoms with van der Waals surface area (Å²) in [6, 6.07) is 2.08. The van der Waals surface area contributed by atoms with Crippen LogP contribution in [0.1, 0.15) is 57.6 Å². The van der Waals surface area contributed by atoms with Crippen LogP contribution in [0, 0.1) is 18.3 Å². The van der Waals surface area contributed by atoms with Crippen molar-refractivity contribution in [3.8, 4) is 0 Å². The van der Waals surface area contributed by atoms with Gasteiger partial charge < -0.3 is 5.73 Å². The molecule has 0 amide bonds. The van der Waals surface area contributed by atoms with E-state index in [0.717, 1.165) is 6.42 Å². The Morgan fingerprint density at radius 2 is 2.06 bits per heavy atom. The first kappa shape index (κ1) is 13.5. The van der Waals surface area contributed by atoms with Crippen LogP contribution in [0.2, 0.25) is 0 Å². The van der Waals surface area contributed by atoms with Crippen molar-refractivity contribution in [1.29, 1.82) is 0 Å². The minimum Gasteiger partial charge on any atom is -0.321 e. The molecule has 0 radical (unpaired) electrons. The summed E-state index contributed by atoms with van der Waals surface area (Å²) in [6.45, 7) is 9.10. The van der Waals surface area contributed by atoms with Crippen LogP contribution < -0.4 is 5.73 Å². The van der Waals surface area contributed by atoms with Gasteiger partial charge in [-0.05, 0) is 48.3 Å². The maximum absolute atomic E-state index is 6.87. The van der Waals surface area contributed by atoms with Crippen LogP contribution >= 0.6 is 0 Å². The number of aromatic nitrogens is 1. The molecule has 1 aliphatic rings. The smallest absolute Gasteiger partial charge is 0.0461 e. The number of hydrogen-bond donors (Lipinski definition) is 1. The molecule has 2 atom stereocenters. The summed E-state index contributed by atoms with van der Waals surface area (Å²) in [7, 11) is 0. The van der Waals surface area contributed by atoms with E-state index >= 15 is 0 Å². The molecule has 1 aliphatic carbocycles. The third kappa shape index (κ3) is 2.31. The second-order valence-electron chi connectivity index (χ2n) is 6.90. The molecule has 100 valence electrons. The molecule has 0 spiro atoms. The predicted molar refractivity (Wildman–Crippen MR) is 76.3 cm³/mol. The lowest BCUT2D eigenvalue weighted by Gasteiger charge is -2.48. The molecule has 2 rings (SSSR count). The average molecular weight is 246 g/mol. The van der Waals surface area contributed by atoms with Crippen LogP contribution in [-0.4, -0.2) is 4.98 Å². The molecule has 2 N–H and O–H groups in total. The molecular formula is C16H26N2. The largest absolute Gasteiger partial charge is 0.321 e. The Balaban J connectivity index is 2.46. The van der Waals surface area contributed by atoms with Gasteiger partial charge in [0.05, 0.1) is 0 Å². The number of nitrogens with two attached hydrogens (primary N) is 1. The van der Waals surface area contributed by atoms with E-state index in [4.69, 9.17) is 5.73 Å².